The Morgan fingerprint density at radius 1 is 1.38 bits per heavy atom. The molecule has 0 spiro atoms. The van der Waals surface area contributed by atoms with E-state index in [4.69, 9.17) is 9.84 Å². The molecule has 7 nitrogen and oxygen atoms in total. The van der Waals surface area contributed by atoms with Crippen LogP contribution in [0, 0.1) is 11.6 Å². The minimum absolute atomic E-state index is 0.0192. The van der Waals surface area contributed by atoms with Crippen LogP contribution in [0.1, 0.15) is 16.8 Å². The summed E-state index contributed by atoms with van der Waals surface area (Å²) in [6.45, 7) is 0.616. The summed E-state index contributed by atoms with van der Waals surface area (Å²) in [4.78, 5) is 25.2. The largest absolute Gasteiger partial charge is 0.481 e. The lowest BCUT2D eigenvalue weighted by molar-refractivity contribution is -0.141. The molecule has 0 radical (unpaired) electrons. The zero-order valence-electron chi connectivity index (χ0n) is 14.0. The lowest BCUT2D eigenvalue weighted by atomic mass is 10.1. The van der Waals surface area contributed by atoms with Crippen molar-refractivity contribution in [1.82, 2.24) is 14.7 Å². The molecule has 0 saturated carbocycles. The van der Waals surface area contributed by atoms with Crippen LogP contribution in [0.4, 0.5) is 8.78 Å². The summed E-state index contributed by atoms with van der Waals surface area (Å²) in [7, 11) is 1.59. The van der Waals surface area contributed by atoms with Gasteiger partial charge in [0.15, 0.2) is 0 Å². The highest BCUT2D eigenvalue weighted by Crippen LogP contribution is 2.27. The van der Waals surface area contributed by atoms with Gasteiger partial charge in [0.25, 0.3) is 5.91 Å². The molecular formula is C17H17F2N3O4. The van der Waals surface area contributed by atoms with E-state index in [0.717, 1.165) is 12.1 Å². The molecule has 0 unspecified atom stereocenters. The van der Waals surface area contributed by atoms with Crippen LogP contribution in [0.2, 0.25) is 0 Å². The molecule has 1 aliphatic rings. The first-order valence-corrected chi connectivity index (χ1v) is 7.97. The van der Waals surface area contributed by atoms with E-state index in [1.807, 2.05) is 0 Å². The molecule has 1 fully saturated rings. The summed E-state index contributed by atoms with van der Waals surface area (Å²) in [6, 6.07) is 3.06. The van der Waals surface area contributed by atoms with Gasteiger partial charge in [-0.05, 0) is 12.1 Å². The summed E-state index contributed by atoms with van der Waals surface area (Å²) in [5, 5.41) is 13.0. The van der Waals surface area contributed by atoms with E-state index in [-0.39, 0.29) is 42.9 Å². The standard InChI is InChI=1S/C17H17F2N3O4/c1-21-9-13(16(20-21)12-3-2-10(18)6-14(12)19)17(25)22-4-5-26-11(8-22)7-15(23)24/h2-3,6,9,11H,4-5,7-8H2,1H3,(H,23,24)/t11-/m1/s1. The van der Waals surface area contributed by atoms with Gasteiger partial charge in [0, 0.05) is 38.0 Å². The number of ether oxygens (including phenoxy) is 1. The summed E-state index contributed by atoms with van der Waals surface area (Å²) in [5.74, 6) is -2.96. The summed E-state index contributed by atoms with van der Waals surface area (Å²) in [5.41, 5.74) is 0.288. The average molecular weight is 365 g/mol. The quantitative estimate of drug-likeness (QED) is 0.891. The molecule has 1 aliphatic heterocycles. The Balaban J connectivity index is 1.89. The lowest BCUT2D eigenvalue weighted by Crippen LogP contribution is -2.46. The molecule has 1 N–H and O–H groups in total. The van der Waals surface area contributed by atoms with Crippen molar-refractivity contribution < 1.29 is 28.2 Å². The number of rotatable bonds is 4. The van der Waals surface area contributed by atoms with Gasteiger partial charge in [0.2, 0.25) is 0 Å². The van der Waals surface area contributed by atoms with Gasteiger partial charge in [-0.1, -0.05) is 0 Å². The maximum absolute atomic E-state index is 14.1. The molecular weight excluding hydrogens is 348 g/mol. The summed E-state index contributed by atoms with van der Waals surface area (Å²) < 4.78 is 34.0. The van der Waals surface area contributed by atoms with Crippen molar-refractivity contribution in [3.05, 3.63) is 41.6 Å². The molecule has 2 aromatic rings. The van der Waals surface area contributed by atoms with Crippen molar-refractivity contribution >= 4 is 11.9 Å². The van der Waals surface area contributed by atoms with Crippen molar-refractivity contribution in [3.8, 4) is 11.3 Å². The fraction of sp³-hybridized carbons (Fsp3) is 0.353. The first-order chi connectivity index (χ1) is 12.3. The molecule has 1 saturated heterocycles. The number of nitrogens with zero attached hydrogens (tertiary/aromatic N) is 3. The Bertz CT molecular complexity index is 853. The number of carbonyl (C=O) groups excluding carboxylic acids is 1. The Labute approximate surface area is 147 Å². The van der Waals surface area contributed by atoms with E-state index in [1.54, 1.807) is 7.05 Å². The molecule has 1 aromatic carbocycles. The van der Waals surface area contributed by atoms with Crippen LogP contribution in [0.15, 0.2) is 24.4 Å². The molecule has 0 aliphatic carbocycles. The molecule has 138 valence electrons. The summed E-state index contributed by atoms with van der Waals surface area (Å²) >= 11 is 0. The van der Waals surface area contributed by atoms with Crippen LogP contribution >= 0.6 is 0 Å². The van der Waals surface area contributed by atoms with Crippen molar-refractivity contribution in [2.45, 2.75) is 12.5 Å². The van der Waals surface area contributed by atoms with Crippen LogP contribution in [0.5, 0.6) is 0 Å². The molecule has 0 bridgehead atoms. The number of hydrogen-bond donors (Lipinski definition) is 1. The fourth-order valence-corrected chi connectivity index (χ4v) is 2.92. The molecule has 2 heterocycles. The Morgan fingerprint density at radius 2 is 2.15 bits per heavy atom. The number of morpholine rings is 1. The fourth-order valence-electron chi connectivity index (χ4n) is 2.92. The van der Waals surface area contributed by atoms with Crippen molar-refractivity contribution in [3.63, 3.8) is 0 Å². The van der Waals surface area contributed by atoms with Crippen LogP contribution in [0.3, 0.4) is 0 Å². The third-order valence-electron chi connectivity index (χ3n) is 4.07. The third-order valence-corrected chi connectivity index (χ3v) is 4.07. The minimum Gasteiger partial charge on any atom is -0.481 e. The molecule has 1 aromatic heterocycles. The van der Waals surface area contributed by atoms with Crippen molar-refractivity contribution in [2.24, 2.45) is 7.05 Å². The van der Waals surface area contributed by atoms with E-state index in [0.29, 0.717) is 0 Å². The SMILES string of the molecule is Cn1cc(C(=O)N2CCO[C@H](CC(=O)O)C2)c(-c2ccc(F)cc2F)n1. The number of aryl methyl sites for hydroxylation is 1. The monoisotopic (exact) mass is 365 g/mol. The van der Waals surface area contributed by atoms with Gasteiger partial charge >= 0.3 is 5.97 Å². The number of halogens is 2. The number of aliphatic carboxylic acids is 1. The summed E-state index contributed by atoms with van der Waals surface area (Å²) in [6.07, 6.45) is 0.645. The van der Waals surface area contributed by atoms with Gasteiger partial charge in [-0.2, -0.15) is 5.10 Å². The van der Waals surface area contributed by atoms with Gasteiger partial charge in [0.1, 0.15) is 17.3 Å². The van der Waals surface area contributed by atoms with Crippen molar-refractivity contribution in [2.75, 3.05) is 19.7 Å². The minimum atomic E-state index is -1.01. The number of hydrogen-bond acceptors (Lipinski definition) is 4. The predicted molar refractivity (Wildman–Crippen MR) is 86.5 cm³/mol. The molecule has 1 atom stereocenters. The second-order valence-electron chi connectivity index (χ2n) is 6.03. The van der Waals surface area contributed by atoms with Gasteiger partial charge in [-0.25, -0.2) is 8.78 Å². The second-order valence-corrected chi connectivity index (χ2v) is 6.03. The number of carbonyl (C=O) groups is 2. The van der Waals surface area contributed by atoms with E-state index in [2.05, 4.69) is 5.10 Å². The molecule has 3 rings (SSSR count). The van der Waals surface area contributed by atoms with E-state index in [9.17, 15) is 18.4 Å². The number of carboxylic acids is 1. The first kappa shape index (κ1) is 18.0. The number of aromatic nitrogens is 2. The maximum Gasteiger partial charge on any atom is 0.306 e. The predicted octanol–water partition coefficient (Wildman–Crippen LogP) is 1.68. The van der Waals surface area contributed by atoms with E-state index < -0.39 is 29.6 Å². The van der Waals surface area contributed by atoms with Crippen LogP contribution in [-0.4, -0.2) is 57.5 Å². The van der Waals surface area contributed by atoms with Crippen molar-refractivity contribution in [1.29, 1.82) is 0 Å². The number of amides is 1. The first-order valence-electron chi connectivity index (χ1n) is 7.97. The van der Waals surface area contributed by atoms with Gasteiger partial charge in [0.05, 0.1) is 24.7 Å². The smallest absolute Gasteiger partial charge is 0.306 e. The molecule has 9 heteroatoms. The lowest BCUT2D eigenvalue weighted by Gasteiger charge is -2.32. The van der Waals surface area contributed by atoms with Crippen LogP contribution < -0.4 is 0 Å². The second kappa shape index (κ2) is 7.20. The van der Waals surface area contributed by atoms with Gasteiger partial charge in [-0.3, -0.25) is 14.3 Å². The third kappa shape index (κ3) is 3.72. The zero-order valence-corrected chi connectivity index (χ0v) is 14.0. The normalized spacial score (nSPS) is 17.3. The highest BCUT2D eigenvalue weighted by Gasteiger charge is 2.29. The zero-order chi connectivity index (χ0) is 18.8. The Kier molecular flexibility index (Phi) is 4.99. The van der Waals surface area contributed by atoms with Crippen LogP contribution in [0.25, 0.3) is 11.3 Å². The van der Waals surface area contributed by atoms with Gasteiger partial charge < -0.3 is 14.7 Å². The number of benzene rings is 1. The highest BCUT2D eigenvalue weighted by molar-refractivity contribution is 6.00. The van der Waals surface area contributed by atoms with E-state index >= 15 is 0 Å². The maximum atomic E-state index is 14.1. The average Bonchev–Trinajstić information content (AvgIpc) is 2.95. The van der Waals surface area contributed by atoms with Gasteiger partial charge in [-0.15, -0.1) is 0 Å². The van der Waals surface area contributed by atoms with Crippen LogP contribution in [-0.2, 0) is 16.6 Å². The Hall–Kier alpha value is -2.81. The molecule has 1 amide bonds. The topological polar surface area (TPSA) is 84.7 Å². The highest BCUT2D eigenvalue weighted by atomic mass is 19.1. The number of carboxylic acid groups (broad SMARTS) is 1. The molecule has 26 heavy (non-hydrogen) atoms. The van der Waals surface area contributed by atoms with E-state index in [1.165, 1.54) is 21.8 Å². The Morgan fingerprint density at radius 3 is 2.85 bits per heavy atom.